The summed E-state index contributed by atoms with van der Waals surface area (Å²) in [5.41, 5.74) is 2.50. The van der Waals surface area contributed by atoms with Crippen LogP contribution in [0.5, 0.6) is 0 Å². The highest BCUT2D eigenvalue weighted by atomic mass is 16.1. The maximum atomic E-state index is 10.5. The zero-order chi connectivity index (χ0) is 12.4. The Labute approximate surface area is 104 Å². The molecule has 1 amide bonds. The summed E-state index contributed by atoms with van der Waals surface area (Å²) < 4.78 is 1.81. The summed E-state index contributed by atoms with van der Waals surface area (Å²) in [5, 5.41) is 8.15. The smallest absolute Gasteiger partial charge is 0.211 e. The third kappa shape index (κ3) is 1.73. The predicted molar refractivity (Wildman–Crippen MR) is 70.8 cm³/mol. The number of amides is 1. The summed E-state index contributed by atoms with van der Waals surface area (Å²) in [4.78, 5) is 10.5. The van der Waals surface area contributed by atoms with Crippen LogP contribution in [0.1, 0.15) is 0 Å². The minimum absolute atomic E-state index is 0.663. The molecule has 88 valence electrons. The summed E-state index contributed by atoms with van der Waals surface area (Å²) in [6.07, 6.45) is 2.61. The zero-order valence-electron chi connectivity index (χ0n) is 9.58. The molecule has 2 aromatic carbocycles. The number of nitrogens with zero attached hydrogens (tertiary/aromatic N) is 2. The summed E-state index contributed by atoms with van der Waals surface area (Å²) >= 11 is 0. The number of nitrogens with one attached hydrogen (secondary N) is 1. The summed E-state index contributed by atoms with van der Waals surface area (Å²) in [5.74, 6) is 0. The number of para-hydroxylation sites is 1. The van der Waals surface area contributed by atoms with Crippen molar-refractivity contribution in [2.45, 2.75) is 0 Å². The molecule has 0 spiro atoms. The molecule has 0 saturated carbocycles. The van der Waals surface area contributed by atoms with Gasteiger partial charge in [-0.15, -0.1) is 0 Å². The summed E-state index contributed by atoms with van der Waals surface area (Å²) in [7, 11) is 0. The van der Waals surface area contributed by atoms with Crippen molar-refractivity contribution in [1.82, 2.24) is 9.78 Å². The van der Waals surface area contributed by atoms with Crippen LogP contribution in [0.3, 0.4) is 0 Å². The Kier molecular flexibility index (Phi) is 2.53. The van der Waals surface area contributed by atoms with Crippen molar-refractivity contribution in [3.63, 3.8) is 0 Å². The lowest BCUT2D eigenvalue weighted by molar-refractivity contribution is -0.105. The third-order valence-corrected chi connectivity index (χ3v) is 2.77. The van der Waals surface area contributed by atoms with Crippen molar-refractivity contribution >= 4 is 23.0 Å². The highest BCUT2D eigenvalue weighted by molar-refractivity contribution is 5.94. The van der Waals surface area contributed by atoms with E-state index in [1.165, 1.54) is 0 Å². The molecule has 3 aromatic rings. The summed E-state index contributed by atoms with van der Waals surface area (Å²) in [6, 6.07) is 15.6. The van der Waals surface area contributed by atoms with Crippen LogP contribution in [-0.4, -0.2) is 16.2 Å². The molecule has 0 fully saturated rings. The van der Waals surface area contributed by atoms with Crippen LogP contribution in [0.4, 0.5) is 5.69 Å². The zero-order valence-corrected chi connectivity index (χ0v) is 9.58. The average Bonchev–Trinajstić information content (AvgIpc) is 2.85. The molecule has 1 heterocycles. The molecule has 0 aliphatic rings. The van der Waals surface area contributed by atoms with E-state index in [-0.39, 0.29) is 0 Å². The van der Waals surface area contributed by atoms with Crippen LogP contribution in [0.15, 0.2) is 54.7 Å². The molecule has 3 rings (SSSR count). The molecule has 0 aliphatic carbocycles. The first-order valence-corrected chi connectivity index (χ1v) is 5.62. The number of carbonyl (C=O) groups is 1. The molecule has 18 heavy (non-hydrogen) atoms. The molecule has 0 radical (unpaired) electrons. The van der Waals surface area contributed by atoms with Crippen LogP contribution in [0.2, 0.25) is 0 Å². The van der Waals surface area contributed by atoms with Gasteiger partial charge in [-0.3, -0.25) is 4.79 Å². The van der Waals surface area contributed by atoms with Crippen molar-refractivity contribution in [2.75, 3.05) is 5.32 Å². The number of rotatable bonds is 3. The highest BCUT2D eigenvalue weighted by Gasteiger charge is 2.06. The van der Waals surface area contributed by atoms with Crippen molar-refractivity contribution in [2.24, 2.45) is 0 Å². The van der Waals surface area contributed by atoms with Crippen LogP contribution in [-0.2, 0) is 4.79 Å². The van der Waals surface area contributed by atoms with Crippen molar-refractivity contribution < 1.29 is 4.79 Å². The van der Waals surface area contributed by atoms with E-state index in [4.69, 9.17) is 0 Å². The van der Waals surface area contributed by atoms with Gasteiger partial charge in [0.2, 0.25) is 6.41 Å². The molecule has 0 atom stereocenters. The Morgan fingerprint density at radius 2 is 1.89 bits per heavy atom. The summed E-state index contributed by atoms with van der Waals surface area (Å²) in [6.45, 7) is 0. The van der Waals surface area contributed by atoms with Gasteiger partial charge >= 0.3 is 0 Å². The van der Waals surface area contributed by atoms with Crippen LogP contribution >= 0.6 is 0 Å². The number of aromatic nitrogens is 2. The van der Waals surface area contributed by atoms with Crippen molar-refractivity contribution in [3.8, 4) is 5.69 Å². The van der Waals surface area contributed by atoms with E-state index in [2.05, 4.69) is 10.4 Å². The van der Waals surface area contributed by atoms with Gasteiger partial charge in [-0.25, -0.2) is 4.68 Å². The fraction of sp³-hybridized carbons (Fsp3) is 0. The van der Waals surface area contributed by atoms with Crippen molar-refractivity contribution in [1.29, 1.82) is 0 Å². The maximum absolute atomic E-state index is 10.5. The first kappa shape index (κ1) is 10.5. The van der Waals surface area contributed by atoms with Gasteiger partial charge in [-0.2, -0.15) is 5.10 Å². The number of anilines is 1. The fourth-order valence-corrected chi connectivity index (χ4v) is 1.94. The first-order valence-electron chi connectivity index (χ1n) is 5.62. The lowest BCUT2D eigenvalue weighted by atomic mass is 10.2. The van der Waals surface area contributed by atoms with E-state index in [0.717, 1.165) is 22.3 Å². The Balaban J connectivity index is 2.17. The van der Waals surface area contributed by atoms with Gasteiger partial charge in [0, 0.05) is 11.6 Å². The molecule has 4 nitrogen and oxygen atoms in total. The number of hydrogen-bond acceptors (Lipinski definition) is 2. The lowest BCUT2D eigenvalue weighted by Crippen LogP contribution is -1.96. The molecular weight excluding hydrogens is 226 g/mol. The monoisotopic (exact) mass is 237 g/mol. The minimum atomic E-state index is 0.663. The van der Waals surface area contributed by atoms with Gasteiger partial charge in [0.1, 0.15) is 5.52 Å². The Morgan fingerprint density at radius 1 is 1.06 bits per heavy atom. The van der Waals surface area contributed by atoms with E-state index >= 15 is 0 Å². The van der Waals surface area contributed by atoms with Crippen LogP contribution in [0, 0.1) is 0 Å². The van der Waals surface area contributed by atoms with E-state index in [1.807, 2.05) is 54.7 Å². The van der Waals surface area contributed by atoms with E-state index in [0.29, 0.717) is 6.41 Å². The van der Waals surface area contributed by atoms with Gasteiger partial charge in [0.05, 0.1) is 11.4 Å². The van der Waals surface area contributed by atoms with Gasteiger partial charge in [0.25, 0.3) is 0 Å². The van der Waals surface area contributed by atoms with Gasteiger partial charge < -0.3 is 5.32 Å². The highest BCUT2D eigenvalue weighted by Crippen LogP contribution is 2.22. The topological polar surface area (TPSA) is 46.9 Å². The Hall–Kier alpha value is -2.62. The third-order valence-electron chi connectivity index (χ3n) is 2.77. The lowest BCUT2D eigenvalue weighted by Gasteiger charge is -1.99. The number of fused-ring (bicyclic) bond motifs is 1. The van der Waals surface area contributed by atoms with Gasteiger partial charge in [0.15, 0.2) is 0 Å². The van der Waals surface area contributed by atoms with E-state index < -0.39 is 0 Å². The molecule has 4 heteroatoms. The van der Waals surface area contributed by atoms with E-state index in [9.17, 15) is 4.79 Å². The maximum Gasteiger partial charge on any atom is 0.211 e. The number of benzene rings is 2. The predicted octanol–water partition coefficient (Wildman–Crippen LogP) is 2.59. The normalized spacial score (nSPS) is 10.4. The second-order valence-electron chi connectivity index (χ2n) is 3.91. The van der Waals surface area contributed by atoms with Crippen molar-refractivity contribution in [3.05, 3.63) is 54.7 Å². The minimum Gasteiger partial charge on any atom is -0.327 e. The van der Waals surface area contributed by atoms with Crippen LogP contribution in [0.25, 0.3) is 16.6 Å². The average molecular weight is 237 g/mol. The van der Waals surface area contributed by atoms with Crippen LogP contribution < -0.4 is 5.32 Å². The Morgan fingerprint density at radius 3 is 2.67 bits per heavy atom. The van der Waals surface area contributed by atoms with Gasteiger partial charge in [-0.1, -0.05) is 30.3 Å². The first-order chi connectivity index (χ1) is 8.88. The molecular formula is C14H11N3O. The van der Waals surface area contributed by atoms with E-state index in [1.54, 1.807) is 4.68 Å². The standard InChI is InChI=1S/C14H11N3O/c18-10-15-13-8-4-5-11-9-17(16-14(11)13)12-6-2-1-3-7-12/h1-10H,(H,15,18). The number of hydrogen-bond donors (Lipinski definition) is 1. The molecule has 1 N–H and O–H groups in total. The molecule has 0 unspecified atom stereocenters. The Bertz CT molecular complexity index is 689. The SMILES string of the molecule is O=CNc1cccc2cn(-c3ccccc3)nc12. The fourth-order valence-electron chi connectivity index (χ4n) is 1.94. The molecule has 0 aliphatic heterocycles. The second-order valence-corrected chi connectivity index (χ2v) is 3.91. The van der Waals surface area contributed by atoms with Gasteiger partial charge in [-0.05, 0) is 18.2 Å². The molecule has 0 bridgehead atoms. The largest absolute Gasteiger partial charge is 0.327 e. The second kappa shape index (κ2) is 4.33. The molecule has 0 saturated heterocycles. The number of carbonyl (C=O) groups excluding carboxylic acids is 1. The molecule has 1 aromatic heterocycles. The quantitative estimate of drug-likeness (QED) is 0.712.